The van der Waals surface area contributed by atoms with Crippen LogP contribution in [0.2, 0.25) is 5.02 Å². The molecule has 0 bridgehead atoms. The van der Waals surface area contributed by atoms with Crippen LogP contribution in [0.1, 0.15) is 25.0 Å². The Morgan fingerprint density at radius 3 is 2.15 bits per heavy atom. The minimum absolute atomic E-state index is 0.0391. The van der Waals surface area contributed by atoms with Gasteiger partial charge in [0.2, 0.25) is 5.91 Å². The number of benzene rings is 2. The molecule has 0 saturated carbocycles. The number of carbonyl (C=O) groups excluding carboxylic acids is 1. The largest absolute Gasteiger partial charge is 0.416 e. The molecule has 2 N–H and O–H groups in total. The number of nitrogens with one attached hydrogen (secondary N) is 2. The summed E-state index contributed by atoms with van der Waals surface area (Å²) < 4.78 is 37.9. The van der Waals surface area contributed by atoms with Crippen molar-refractivity contribution >= 4 is 23.2 Å². The number of hydrogen-bond acceptors (Lipinski definition) is 2. The molecule has 0 spiro atoms. The first-order chi connectivity index (χ1) is 12.7. The topological polar surface area (TPSA) is 41.1 Å². The van der Waals surface area contributed by atoms with Gasteiger partial charge in [-0.05, 0) is 54.3 Å². The molecule has 0 aliphatic heterocycles. The lowest BCUT2D eigenvalue weighted by atomic mass is 10.0. The molecule has 2 rings (SSSR count). The number of amides is 1. The maximum atomic E-state index is 12.6. The van der Waals surface area contributed by atoms with Crippen LogP contribution in [0.3, 0.4) is 0 Å². The Hall–Kier alpha value is -2.21. The van der Waals surface area contributed by atoms with Crippen LogP contribution in [0, 0.1) is 5.92 Å². The van der Waals surface area contributed by atoms with Crippen LogP contribution in [-0.2, 0) is 17.4 Å². The Kier molecular flexibility index (Phi) is 7.13. The second kappa shape index (κ2) is 9.13. The van der Waals surface area contributed by atoms with Gasteiger partial charge in [0.1, 0.15) is 6.04 Å². The molecule has 0 aliphatic rings. The van der Waals surface area contributed by atoms with Crippen molar-refractivity contribution in [2.24, 2.45) is 5.92 Å². The zero-order chi connectivity index (χ0) is 20.0. The lowest BCUT2D eigenvalue weighted by Crippen LogP contribution is -2.43. The van der Waals surface area contributed by atoms with E-state index < -0.39 is 17.8 Å². The quantitative estimate of drug-likeness (QED) is 0.676. The van der Waals surface area contributed by atoms with E-state index in [0.717, 1.165) is 17.7 Å². The Labute approximate surface area is 161 Å². The number of carbonyl (C=O) groups is 1. The normalized spacial score (nSPS) is 12.7. The van der Waals surface area contributed by atoms with E-state index in [1.165, 1.54) is 12.1 Å². The summed E-state index contributed by atoms with van der Waals surface area (Å²) in [4.78, 5) is 12.5. The molecular formula is C20H22ClF3N2O. The summed E-state index contributed by atoms with van der Waals surface area (Å²) in [6.45, 7) is 4.21. The number of halogens is 4. The van der Waals surface area contributed by atoms with Crippen molar-refractivity contribution in [3.8, 4) is 0 Å². The van der Waals surface area contributed by atoms with Crippen molar-refractivity contribution in [1.82, 2.24) is 5.32 Å². The molecule has 27 heavy (non-hydrogen) atoms. The molecule has 0 fully saturated rings. The molecule has 0 heterocycles. The van der Waals surface area contributed by atoms with Gasteiger partial charge >= 0.3 is 6.18 Å². The predicted molar refractivity (Wildman–Crippen MR) is 102 cm³/mol. The maximum absolute atomic E-state index is 12.6. The first kappa shape index (κ1) is 21.1. The van der Waals surface area contributed by atoms with Crippen molar-refractivity contribution in [2.45, 2.75) is 32.5 Å². The highest BCUT2D eigenvalue weighted by Gasteiger charge is 2.30. The van der Waals surface area contributed by atoms with Gasteiger partial charge in [-0.3, -0.25) is 4.79 Å². The molecule has 2 aromatic carbocycles. The smallest absolute Gasteiger partial charge is 0.373 e. The van der Waals surface area contributed by atoms with Gasteiger partial charge in [0.05, 0.1) is 5.56 Å². The van der Waals surface area contributed by atoms with Crippen molar-refractivity contribution in [3.05, 3.63) is 64.7 Å². The minimum Gasteiger partial charge on any atom is -0.373 e. The molecule has 2 aromatic rings. The fourth-order valence-electron chi connectivity index (χ4n) is 2.56. The van der Waals surface area contributed by atoms with Gasteiger partial charge in [0, 0.05) is 17.3 Å². The Bertz CT molecular complexity index is 743. The van der Waals surface area contributed by atoms with Gasteiger partial charge in [0.15, 0.2) is 0 Å². The summed E-state index contributed by atoms with van der Waals surface area (Å²) in [5.74, 6) is -0.235. The molecule has 3 nitrogen and oxygen atoms in total. The van der Waals surface area contributed by atoms with Gasteiger partial charge < -0.3 is 10.6 Å². The minimum atomic E-state index is -4.38. The zero-order valence-corrected chi connectivity index (χ0v) is 15.9. The van der Waals surface area contributed by atoms with Crippen molar-refractivity contribution in [1.29, 1.82) is 0 Å². The van der Waals surface area contributed by atoms with Crippen LogP contribution in [0.5, 0.6) is 0 Å². The third-order valence-corrected chi connectivity index (χ3v) is 4.36. The SMILES string of the molecule is CC(C)[C@@H](Nc1ccc(C(F)(F)F)cc1)C(=O)NCCc1ccc(Cl)cc1. The second-order valence-corrected chi connectivity index (χ2v) is 7.05. The first-order valence-electron chi connectivity index (χ1n) is 8.63. The number of rotatable bonds is 7. The van der Waals surface area contributed by atoms with E-state index in [1.54, 1.807) is 12.1 Å². The van der Waals surface area contributed by atoms with E-state index in [1.807, 2.05) is 26.0 Å². The highest BCUT2D eigenvalue weighted by atomic mass is 35.5. The highest BCUT2D eigenvalue weighted by Crippen LogP contribution is 2.30. The van der Waals surface area contributed by atoms with E-state index in [9.17, 15) is 18.0 Å². The summed E-state index contributed by atoms with van der Waals surface area (Å²) in [6.07, 6.45) is -3.72. The molecule has 1 amide bonds. The van der Waals surface area contributed by atoms with E-state index in [4.69, 9.17) is 11.6 Å². The standard InChI is InChI=1S/C20H22ClF3N2O/c1-13(2)18(26-17-9-5-15(6-10-17)20(22,23)24)19(27)25-12-11-14-3-7-16(21)8-4-14/h3-10,13,18,26H,11-12H2,1-2H3,(H,25,27)/t18-/m1/s1. The lowest BCUT2D eigenvalue weighted by molar-refractivity contribution is -0.137. The third kappa shape index (κ3) is 6.47. The summed E-state index contributed by atoms with van der Waals surface area (Å²) in [5, 5.41) is 6.54. The molecule has 0 unspecified atom stereocenters. The van der Waals surface area contributed by atoms with Crippen LogP contribution in [0.25, 0.3) is 0 Å². The number of hydrogen-bond donors (Lipinski definition) is 2. The Morgan fingerprint density at radius 1 is 1.04 bits per heavy atom. The number of anilines is 1. The van der Waals surface area contributed by atoms with Crippen LogP contribution >= 0.6 is 11.6 Å². The van der Waals surface area contributed by atoms with E-state index >= 15 is 0 Å². The average molecular weight is 399 g/mol. The molecule has 146 valence electrons. The molecule has 0 aromatic heterocycles. The van der Waals surface area contributed by atoms with Crippen molar-refractivity contribution in [2.75, 3.05) is 11.9 Å². The fraction of sp³-hybridized carbons (Fsp3) is 0.350. The highest BCUT2D eigenvalue weighted by molar-refractivity contribution is 6.30. The fourth-order valence-corrected chi connectivity index (χ4v) is 2.69. The summed E-state index contributed by atoms with van der Waals surface area (Å²) in [5.41, 5.74) is 0.799. The predicted octanol–water partition coefficient (Wildman–Crippen LogP) is 5.15. The summed E-state index contributed by atoms with van der Waals surface area (Å²) in [7, 11) is 0. The molecule has 0 aliphatic carbocycles. The monoisotopic (exact) mass is 398 g/mol. The molecular weight excluding hydrogens is 377 g/mol. The Balaban J connectivity index is 1.93. The van der Waals surface area contributed by atoms with Crippen LogP contribution in [0.4, 0.5) is 18.9 Å². The van der Waals surface area contributed by atoms with Crippen molar-refractivity contribution < 1.29 is 18.0 Å². The third-order valence-electron chi connectivity index (χ3n) is 4.11. The van der Waals surface area contributed by atoms with E-state index in [2.05, 4.69) is 10.6 Å². The van der Waals surface area contributed by atoms with Gasteiger partial charge in [-0.1, -0.05) is 37.6 Å². The Morgan fingerprint density at radius 2 is 1.63 bits per heavy atom. The molecule has 0 radical (unpaired) electrons. The lowest BCUT2D eigenvalue weighted by Gasteiger charge is -2.23. The second-order valence-electron chi connectivity index (χ2n) is 6.61. The van der Waals surface area contributed by atoms with Crippen LogP contribution in [0.15, 0.2) is 48.5 Å². The van der Waals surface area contributed by atoms with E-state index in [-0.39, 0.29) is 11.8 Å². The zero-order valence-electron chi connectivity index (χ0n) is 15.1. The van der Waals surface area contributed by atoms with E-state index in [0.29, 0.717) is 23.7 Å². The molecule has 0 saturated heterocycles. The first-order valence-corrected chi connectivity index (χ1v) is 9.00. The van der Waals surface area contributed by atoms with Gasteiger partial charge in [-0.25, -0.2) is 0 Å². The molecule has 7 heteroatoms. The van der Waals surface area contributed by atoms with Gasteiger partial charge in [-0.15, -0.1) is 0 Å². The average Bonchev–Trinajstić information content (AvgIpc) is 2.60. The van der Waals surface area contributed by atoms with Crippen LogP contribution in [-0.4, -0.2) is 18.5 Å². The number of alkyl halides is 3. The van der Waals surface area contributed by atoms with Crippen LogP contribution < -0.4 is 10.6 Å². The van der Waals surface area contributed by atoms with Gasteiger partial charge in [0.25, 0.3) is 0 Å². The summed E-state index contributed by atoms with van der Waals surface area (Å²) in [6, 6.07) is 11.5. The van der Waals surface area contributed by atoms with Crippen molar-refractivity contribution in [3.63, 3.8) is 0 Å². The summed E-state index contributed by atoms with van der Waals surface area (Å²) >= 11 is 5.84. The van der Waals surface area contributed by atoms with Gasteiger partial charge in [-0.2, -0.15) is 13.2 Å². The molecule has 1 atom stereocenters. The maximum Gasteiger partial charge on any atom is 0.416 e.